The number of aliphatic hydroxyl groups excluding tert-OH is 3. The van der Waals surface area contributed by atoms with Crippen LogP contribution in [0.3, 0.4) is 0 Å². The summed E-state index contributed by atoms with van der Waals surface area (Å²) >= 11 is 0. The molecule has 1 rings (SSSR count). The number of nitrogens with two attached hydrogens (primary N) is 1. The van der Waals surface area contributed by atoms with Gasteiger partial charge in [-0.05, 0) is 24.0 Å². The number of carbonyl (C=O) groups is 1. The molecule has 2 unspecified atom stereocenters. The zero-order valence-corrected chi connectivity index (χ0v) is 10.1. The van der Waals surface area contributed by atoms with E-state index >= 15 is 0 Å². The summed E-state index contributed by atoms with van der Waals surface area (Å²) in [4.78, 5) is 10.7. The Morgan fingerprint density at radius 3 is 2.56 bits per heavy atom. The zero-order chi connectivity index (χ0) is 13.5. The van der Waals surface area contributed by atoms with E-state index in [0.717, 1.165) is 5.56 Å². The smallest absolute Gasteiger partial charge is 0.220 e. The van der Waals surface area contributed by atoms with E-state index in [2.05, 4.69) is 0 Å². The number of rotatable bonds is 7. The van der Waals surface area contributed by atoms with Crippen molar-refractivity contribution >= 4 is 5.91 Å². The molecule has 0 aliphatic carbocycles. The minimum atomic E-state index is -1.21. The Morgan fingerprint density at radius 1 is 1.28 bits per heavy atom. The summed E-state index contributed by atoms with van der Waals surface area (Å²) in [5.74, 6) is -0.658. The number of carbonyl (C=O) groups excluding carboxylic acids is 1. The van der Waals surface area contributed by atoms with Crippen LogP contribution >= 0.6 is 0 Å². The molecule has 5 N–H and O–H groups in total. The lowest BCUT2D eigenvalue weighted by Gasteiger charge is -2.19. The maximum Gasteiger partial charge on any atom is 0.220 e. The highest BCUT2D eigenvalue weighted by Crippen LogP contribution is 2.23. The summed E-state index contributed by atoms with van der Waals surface area (Å²) in [6.07, 6.45) is -1.46. The van der Waals surface area contributed by atoms with Gasteiger partial charge in [0, 0.05) is 6.61 Å². The SMILES string of the molecule is NC(=O)CC(O)C(O)c1ccccc1CCCO. The van der Waals surface area contributed by atoms with E-state index in [1.165, 1.54) is 0 Å². The van der Waals surface area contributed by atoms with Gasteiger partial charge in [0.25, 0.3) is 0 Å². The molecule has 1 aromatic rings. The van der Waals surface area contributed by atoms with Crippen molar-refractivity contribution in [1.29, 1.82) is 0 Å². The topological polar surface area (TPSA) is 104 Å². The van der Waals surface area contributed by atoms with Gasteiger partial charge in [-0.3, -0.25) is 4.79 Å². The van der Waals surface area contributed by atoms with Crippen molar-refractivity contribution in [2.75, 3.05) is 6.61 Å². The van der Waals surface area contributed by atoms with Crippen molar-refractivity contribution in [3.63, 3.8) is 0 Å². The molecule has 0 aliphatic heterocycles. The summed E-state index contributed by atoms with van der Waals surface area (Å²) in [5, 5.41) is 28.5. The van der Waals surface area contributed by atoms with Gasteiger partial charge in [0.2, 0.25) is 5.91 Å². The largest absolute Gasteiger partial charge is 0.396 e. The monoisotopic (exact) mass is 253 g/mol. The molecular weight excluding hydrogens is 234 g/mol. The van der Waals surface area contributed by atoms with Crippen LogP contribution in [0.4, 0.5) is 0 Å². The molecule has 5 nitrogen and oxygen atoms in total. The summed E-state index contributed by atoms with van der Waals surface area (Å²) in [6, 6.07) is 7.09. The lowest BCUT2D eigenvalue weighted by molar-refractivity contribution is -0.121. The van der Waals surface area contributed by atoms with Crippen LogP contribution in [0.1, 0.15) is 30.1 Å². The Bertz CT molecular complexity index is 394. The van der Waals surface area contributed by atoms with Crippen LogP contribution in [0.25, 0.3) is 0 Å². The van der Waals surface area contributed by atoms with Crippen molar-refractivity contribution < 1.29 is 20.1 Å². The zero-order valence-electron chi connectivity index (χ0n) is 10.1. The Kier molecular flexibility index (Phi) is 5.77. The number of hydrogen-bond donors (Lipinski definition) is 4. The highest BCUT2D eigenvalue weighted by Gasteiger charge is 2.22. The second-order valence-corrected chi connectivity index (χ2v) is 4.21. The first-order valence-electron chi connectivity index (χ1n) is 5.89. The average Bonchev–Trinajstić information content (AvgIpc) is 2.35. The number of aliphatic hydroxyl groups is 3. The van der Waals surface area contributed by atoms with Crippen LogP contribution in [-0.4, -0.2) is 33.9 Å². The van der Waals surface area contributed by atoms with E-state index in [1.54, 1.807) is 12.1 Å². The molecule has 1 aromatic carbocycles. The molecule has 0 bridgehead atoms. The minimum Gasteiger partial charge on any atom is -0.396 e. The lowest BCUT2D eigenvalue weighted by atomic mass is 9.94. The molecule has 0 heterocycles. The minimum absolute atomic E-state index is 0.0638. The second kappa shape index (κ2) is 7.10. The van der Waals surface area contributed by atoms with Gasteiger partial charge in [-0.2, -0.15) is 0 Å². The van der Waals surface area contributed by atoms with E-state index < -0.39 is 18.1 Å². The fourth-order valence-corrected chi connectivity index (χ4v) is 1.84. The van der Waals surface area contributed by atoms with E-state index in [-0.39, 0.29) is 13.0 Å². The van der Waals surface area contributed by atoms with E-state index in [4.69, 9.17) is 10.8 Å². The fraction of sp³-hybridized carbons (Fsp3) is 0.462. The molecule has 5 heteroatoms. The third-order valence-corrected chi connectivity index (χ3v) is 2.75. The molecule has 18 heavy (non-hydrogen) atoms. The van der Waals surface area contributed by atoms with Crippen LogP contribution in [0.5, 0.6) is 0 Å². The summed E-state index contributed by atoms with van der Waals surface area (Å²) < 4.78 is 0. The molecule has 0 aromatic heterocycles. The highest BCUT2D eigenvalue weighted by molar-refractivity contribution is 5.74. The predicted octanol–water partition coefficient (Wildman–Crippen LogP) is -0.119. The van der Waals surface area contributed by atoms with E-state index in [1.807, 2.05) is 12.1 Å². The number of amides is 1. The molecule has 100 valence electrons. The highest BCUT2D eigenvalue weighted by atomic mass is 16.3. The molecule has 0 saturated heterocycles. The average molecular weight is 253 g/mol. The van der Waals surface area contributed by atoms with Gasteiger partial charge in [0.05, 0.1) is 12.5 Å². The van der Waals surface area contributed by atoms with E-state index in [9.17, 15) is 15.0 Å². The maximum absolute atomic E-state index is 10.7. The fourth-order valence-electron chi connectivity index (χ4n) is 1.84. The van der Waals surface area contributed by atoms with Crippen LogP contribution < -0.4 is 5.73 Å². The number of benzene rings is 1. The quantitative estimate of drug-likeness (QED) is 0.544. The van der Waals surface area contributed by atoms with Crippen molar-refractivity contribution in [3.8, 4) is 0 Å². The van der Waals surface area contributed by atoms with E-state index in [0.29, 0.717) is 18.4 Å². The molecule has 2 atom stereocenters. The number of hydrogen-bond acceptors (Lipinski definition) is 4. The Balaban J connectivity index is 2.83. The van der Waals surface area contributed by atoms with Gasteiger partial charge in [-0.1, -0.05) is 24.3 Å². The van der Waals surface area contributed by atoms with Crippen molar-refractivity contribution in [3.05, 3.63) is 35.4 Å². The van der Waals surface area contributed by atoms with Crippen LogP contribution in [-0.2, 0) is 11.2 Å². The maximum atomic E-state index is 10.7. The predicted molar refractivity (Wildman–Crippen MR) is 66.6 cm³/mol. The first kappa shape index (κ1) is 14.6. The number of primary amides is 1. The Hall–Kier alpha value is -1.43. The van der Waals surface area contributed by atoms with Crippen LogP contribution in [0.2, 0.25) is 0 Å². The third-order valence-electron chi connectivity index (χ3n) is 2.75. The molecule has 0 aliphatic rings. The standard InChI is InChI=1S/C13H19NO4/c14-12(17)8-11(16)13(18)10-6-2-1-4-9(10)5-3-7-15/h1-2,4,6,11,13,15-16,18H,3,5,7-8H2,(H2,14,17). The summed E-state index contributed by atoms with van der Waals surface area (Å²) in [5.41, 5.74) is 6.40. The van der Waals surface area contributed by atoms with Crippen molar-refractivity contribution in [2.24, 2.45) is 5.73 Å². The molecule has 0 radical (unpaired) electrons. The first-order chi connectivity index (χ1) is 8.56. The normalized spacial score (nSPS) is 14.2. The van der Waals surface area contributed by atoms with Gasteiger partial charge >= 0.3 is 0 Å². The second-order valence-electron chi connectivity index (χ2n) is 4.21. The van der Waals surface area contributed by atoms with Crippen LogP contribution in [0.15, 0.2) is 24.3 Å². The first-order valence-corrected chi connectivity index (χ1v) is 5.89. The molecular formula is C13H19NO4. The molecule has 1 amide bonds. The number of aryl methyl sites for hydroxylation is 1. The Labute approximate surface area is 106 Å². The summed E-state index contributed by atoms with van der Waals surface area (Å²) in [7, 11) is 0. The molecule has 0 spiro atoms. The van der Waals surface area contributed by atoms with Crippen molar-refractivity contribution in [2.45, 2.75) is 31.5 Å². The lowest BCUT2D eigenvalue weighted by Crippen LogP contribution is -2.26. The summed E-state index contributed by atoms with van der Waals surface area (Å²) in [6.45, 7) is 0.0638. The Morgan fingerprint density at radius 2 is 1.94 bits per heavy atom. The third kappa shape index (κ3) is 4.10. The van der Waals surface area contributed by atoms with Gasteiger partial charge < -0.3 is 21.1 Å². The van der Waals surface area contributed by atoms with Gasteiger partial charge in [0.1, 0.15) is 6.10 Å². The molecule has 0 saturated carbocycles. The van der Waals surface area contributed by atoms with Crippen molar-refractivity contribution in [1.82, 2.24) is 0 Å². The van der Waals surface area contributed by atoms with Gasteiger partial charge in [-0.25, -0.2) is 0 Å². The van der Waals surface area contributed by atoms with Gasteiger partial charge in [-0.15, -0.1) is 0 Å². The molecule has 0 fully saturated rings. The van der Waals surface area contributed by atoms with Gasteiger partial charge in [0.15, 0.2) is 0 Å². The van der Waals surface area contributed by atoms with Crippen LogP contribution in [0, 0.1) is 0 Å².